The largest absolute Gasteiger partial charge is 0.300 e. The fraction of sp³-hybridized carbons (Fsp3) is 0.941. The van der Waals surface area contributed by atoms with Crippen LogP contribution in [-0.4, -0.2) is 56.6 Å². The third-order valence-corrected chi connectivity index (χ3v) is 8.28. The van der Waals surface area contributed by atoms with Crippen molar-refractivity contribution in [3.63, 3.8) is 0 Å². The molecule has 6 nitrogen and oxygen atoms in total. The number of Topliss-reactive ketones (excluding diaryl/α,β-unsaturated/α-hetero) is 2. The molecule has 0 aliphatic carbocycles. The quantitative estimate of drug-likeness (QED) is 0.184. The summed E-state index contributed by atoms with van der Waals surface area (Å²) in [5.74, 6) is 0.693. The van der Waals surface area contributed by atoms with Gasteiger partial charge in [0.25, 0.3) is 0 Å². The third kappa shape index (κ3) is 12.2. The molecule has 0 aromatic heterocycles. The first-order valence-electron chi connectivity index (χ1n) is 16.5. The van der Waals surface area contributed by atoms with Crippen LogP contribution in [-0.2, 0) is 19.3 Å². The van der Waals surface area contributed by atoms with E-state index in [0.29, 0.717) is 37.2 Å². The first-order chi connectivity index (χ1) is 18.5. The van der Waals surface area contributed by atoms with Crippen LogP contribution in [0.3, 0.4) is 0 Å². The third-order valence-electron chi connectivity index (χ3n) is 8.28. The van der Waals surface area contributed by atoms with Crippen LogP contribution < -0.4 is 0 Å². The van der Waals surface area contributed by atoms with E-state index in [0.717, 1.165) is 25.9 Å². The van der Waals surface area contributed by atoms with Gasteiger partial charge in [0.15, 0.2) is 0 Å². The maximum absolute atomic E-state index is 11.9. The highest BCUT2D eigenvalue weighted by Gasteiger charge is 2.47. The average molecular weight is 567 g/mol. The van der Waals surface area contributed by atoms with E-state index in [2.05, 4.69) is 86.3 Å². The molecule has 1 atom stereocenters. The number of carbonyl (C=O) groups excluding carboxylic acids is 2. The van der Waals surface area contributed by atoms with Crippen LogP contribution in [0, 0.1) is 0 Å². The van der Waals surface area contributed by atoms with Crippen molar-refractivity contribution in [3.05, 3.63) is 0 Å². The first kappa shape index (κ1) is 37.2. The van der Waals surface area contributed by atoms with Gasteiger partial charge in [-0.05, 0) is 74.7 Å². The molecule has 6 heteroatoms. The van der Waals surface area contributed by atoms with Crippen molar-refractivity contribution in [2.45, 2.75) is 201 Å². The minimum Gasteiger partial charge on any atom is -0.300 e. The number of hydrogen-bond acceptors (Lipinski definition) is 6. The Hall–Kier alpha value is -0.820. The molecule has 0 saturated carbocycles. The summed E-state index contributed by atoms with van der Waals surface area (Å²) in [6.07, 6.45) is 16.1. The predicted octanol–water partition coefficient (Wildman–Crippen LogP) is 9.00. The van der Waals surface area contributed by atoms with Crippen LogP contribution in [0.15, 0.2) is 0 Å². The molecule has 2 fully saturated rings. The first-order valence-corrected chi connectivity index (χ1v) is 16.5. The Kier molecular flexibility index (Phi) is 15.6. The zero-order valence-electron chi connectivity index (χ0n) is 28.4. The zero-order chi connectivity index (χ0) is 30.6. The van der Waals surface area contributed by atoms with Gasteiger partial charge in [0, 0.05) is 47.8 Å². The van der Waals surface area contributed by atoms with E-state index in [9.17, 15) is 9.59 Å². The molecule has 40 heavy (non-hydrogen) atoms. The van der Waals surface area contributed by atoms with Crippen LogP contribution in [0.1, 0.15) is 172 Å². The summed E-state index contributed by atoms with van der Waals surface area (Å²) < 4.78 is 0. The standard InChI is InChI=1S/2C17H33NO2/c1-7-9-10-11-15(8-2)20-18-16(3,4)12-14(19)13-17(18,5)6;1-6-7-8-9-10-11-12-20-18-16(2,3)13-15(19)14-17(18,4)5/h15H,7-13H2,1-6H3;6-14H2,1-5H3. The number of carbonyl (C=O) groups is 2. The smallest absolute Gasteiger partial charge is 0.136 e. The second kappa shape index (κ2) is 16.7. The number of ketones is 2. The van der Waals surface area contributed by atoms with Crippen LogP contribution in [0.2, 0.25) is 0 Å². The molecule has 2 saturated heterocycles. The average Bonchev–Trinajstić information content (AvgIpc) is 2.79. The summed E-state index contributed by atoms with van der Waals surface area (Å²) in [6.45, 7) is 24.3. The zero-order valence-corrected chi connectivity index (χ0v) is 28.4. The van der Waals surface area contributed by atoms with Gasteiger partial charge in [-0.3, -0.25) is 19.3 Å². The van der Waals surface area contributed by atoms with Gasteiger partial charge in [0.05, 0.1) is 12.7 Å². The maximum Gasteiger partial charge on any atom is 0.136 e. The monoisotopic (exact) mass is 567 g/mol. The van der Waals surface area contributed by atoms with Gasteiger partial charge in [0.2, 0.25) is 0 Å². The summed E-state index contributed by atoms with van der Waals surface area (Å²) in [4.78, 5) is 36.2. The Morgan fingerprint density at radius 2 is 1.00 bits per heavy atom. The molecule has 1 unspecified atom stereocenters. The molecule has 0 bridgehead atoms. The van der Waals surface area contributed by atoms with Crippen molar-refractivity contribution in [1.29, 1.82) is 0 Å². The molecule has 236 valence electrons. The van der Waals surface area contributed by atoms with Crippen molar-refractivity contribution < 1.29 is 19.3 Å². The molecule has 0 amide bonds. The van der Waals surface area contributed by atoms with Gasteiger partial charge in [-0.25, -0.2) is 0 Å². The van der Waals surface area contributed by atoms with Crippen molar-refractivity contribution in [2.24, 2.45) is 0 Å². The second-order valence-corrected chi connectivity index (χ2v) is 14.9. The molecule has 2 rings (SSSR count). The maximum atomic E-state index is 11.9. The van der Waals surface area contributed by atoms with Crippen LogP contribution in [0.5, 0.6) is 0 Å². The molecule has 0 aromatic carbocycles. The molecule has 0 spiro atoms. The predicted molar refractivity (Wildman–Crippen MR) is 167 cm³/mol. The number of piperidine rings is 2. The summed E-state index contributed by atoms with van der Waals surface area (Å²) in [5, 5.41) is 4.19. The van der Waals surface area contributed by atoms with Gasteiger partial charge < -0.3 is 0 Å². The van der Waals surface area contributed by atoms with E-state index in [1.807, 2.05) is 0 Å². The Labute approximate surface area is 248 Å². The second-order valence-electron chi connectivity index (χ2n) is 14.9. The summed E-state index contributed by atoms with van der Waals surface area (Å²) >= 11 is 0. The van der Waals surface area contributed by atoms with Gasteiger partial charge in [-0.1, -0.05) is 72.1 Å². The molecule has 0 aromatic rings. The molecule has 0 N–H and O–H groups in total. The Morgan fingerprint density at radius 3 is 1.45 bits per heavy atom. The Morgan fingerprint density at radius 1 is 0.600 bits per heavy atom. The number of nitrogens with zero attached hydrogens (tertiary/aromatic N) is 2. The molecular formula is C34H66N2O4. The highest BCUT2D eigenvalue weighted by molar-refractivity contribution is 5.82. The van der Waals surface area contributed by atoms with Crippen LogP contribution in [0.25, 0.3) is 0 Å². The summed E-state index contributed by atoms with van der Waals surface area (Å²) in [7, 11) is 0. The highest BCUT2D eigenvalue weighted by atomic mass is 16.7. The number of hydrogen-bond donors (Lipinski definition) is 0. The van der Waals surface area contributed by atoms with E-state index in [4.69, 9.17) is 9.68 Å². The van der Waals surface area contributed by atoms with E-state index >= 15 is 0 Å². The Balaban J connectivity index is 0.000000400. The van der Waals surface area contributed by atoms with E-state index < -0.39 is 0 Å². The molecule has 2 heterocycles. The molecule has 0 radical (unpaired) electrons. The lowest BCUT2D eigenvalue weighted by Crippen LogP contribution is -2.61. The van der Waals surface area contributed by atoms with Crippen LogP contribution in [0.4, 0.5) is 0 Å². The van der Waals surface area contributed by atoms with Crippen molar-refractivity contribution in [3.8, 4) is 0 Å². The van der Waals surface area contributed by atoms with Crippen molar-refractivity contribution in [1.82, 2.24) is 10.1 Å². The van der Waals surface area contributed by atoms with Crippen molar-refractivity contribution >= 4 is 11.6 Å². The van der Waals surface area contributed by atoms with Gasteiger partial charge in [0.1, 0.15) is 11.6 Å². The number of hydroxylamine groups is 4. The SMILES string of the molecule is CCCCCC(CC)ON1C(C)(C)CC(=O)CC1(C)C.CCCCCCCCON1C(C)(C)CC(=O)CC1(C)C. The highest BCUT2D eigenvalue weighted by Crippen LogP contribution is 2.38. The van der Waals surface area contributed by atoms with Gasteiger partial charge >= 0.3 is 0 Å². The number of rotatable bonds is 15. The van der Waals surface area contributed by atoms with Crippen molar-refractivity contribution in [2.75, 3.05) is 6.61 Å². The van der Waals surface area contributed by atoms with Gasteiger partial charge in [-0.2, -0.15) is 10.1 Å². The Bertz CT molecular complexity index is 719. The van der Waals surface area contributed by atoms with E-state index in [1.165, 1.54) is 51.4 Å². The molecule has 2 aliphatic heterocycles. The fourth-order valence-corrected chi connectivity index (χ4v) is 6.76. The summed E-state index contributed by atoms with van der Waals surface area (Å²) in [5.41, 5.74) is -0.809. The lowest BCUT2D eigenvalue weighted by molar-refractivity contribution is -0.300. The molecular weight excluding hydrogens is 500 g/mol. The normalized spacial score (nSPS) is 23.0. The topological polar surface area (TPSA) is 59.1 Å². The summed E-state index contributed by atoms with van der Waals surface area (Å²) in [6, 6.07) is 0. The van der Waals surface area contributed by atoms with E-state index in [-0.39, 0.29) is 28.3 Å². The minimum absolute atomic E-state index is 0.193. The van der Waals surface area contributed by atoms with Crippen LogP contribution >= 0.6 is 0 Å². The number of unbranched alkanes of at least 4 members (excludes halogenated alkanes) is 7. The minimum atomic E-state index is -0.211. The molecule has 2 aliphatic rings. The fourth-order valence-electron chi connectivity index (χ4n) is 6.76. The van der Waals surface area contributed by atoms with E-state index in [1.54, 1.807) is 0 Å². The van der Waals surface area contributed by atoms with Gasteiger partial charge in [-0.15, -0.1) is 0 Å². The lowest BCUT2D eigenvalue weighted by Gasteiger charge is -2.51. The lowest BCUT2D eigenvalue weighted by atomic mass is 9.81.